The van der Waals surface area contributed by atoms with Crippen LogP contribution in [0.1, 0.15) is 24.8 Å². The Bertz CT molecular complexity index is 574. The molecule has 2 bridgehead atoms. The third-order valence-corrected chi connectivity index (χ3v) is 5.10. The van der Waals surface area contributed by atoms with Crippen LogP contribution < -0.4 is 5.32 Å². The lowest BCUT2D eigenvalue weighted by Crippen LogP contribution is -2.41. The molecule has 1 amide bonds. The number of carboxylic acids is 1. The molecule has 21 heavy (non-hydrogen) atoms. The molecular formula is C16H18ClNO3. The zero-order valence-electron chi connectivity index (χ0n) is 11.6. The Kier molecular flexibility index (Phi) is 3.89. The van der Waals surface area contributed by atoms with Crippen molar-refractivity contribution < 1.29 is 14.7 Å². The minimum Gasteiger partial charge on any atom is -0.481 e. The number of rotatable bonds is 4. The molecule has 1 aromatic rings. The Labute approximate surface area is 128 Å². The molecule has 2 aliphatic rings. The van der Waals surface area contributed by atoms with Gasteiger partial charge < -0.3 is 10.4 Å². The van der Waals surface area contributed by atoms with Crippen molar-refractivity contribution in [3.63, 3.8) is 0 Å². The lowest BCUT2D eigenvalue weighted by atomic mass is 9.78. The number of nitrogens with one attached hydrogen (secondary N) is 1. The fraction of sp³-hybridized carbons (Fsp3) is 0.500. The molecule has 1 aromatic carbocycles. The molecule has 0 radical (unpaired) electrons. The molecular weight excluding hydrogens is 290 g/mol. The SMILES string of the molecule is O=C(O)[C@@H]1[C@H]2CC[C@@H](C2)[C@@H]1C(=O)NCc1cccc(Cl)c1. The van der Waals surface area contributed by atoms with Crippen LogP contribution in [0.3, 0.4) is 0 Å². The maximum atomic E-state index is 12.4. The van der Waals surface area contributed by atoms with Gasteiger partial charge in [-0.1, -0.05) is 23.7 Å². The van der Waals surface area contributed by atoms with Gasteiger partial charge in [0.2, 0.25) is 5.91 Å². The molecule has 2 N–H and O–H groups in total. The molecule has 4 atom stereocenters. The Hall–Kier alpha value is -1.55. The normalized spacial score (nSPS) is 30.3. The Balaban J connectivity index is 1.66. The molecule has 0 heterocycles. The number of amides is 1. The average Bonchev–Trinajstić information content (AvgIpc) is 3.05. The third kappa shape index (κ3) is 2.77. The molecule has 112 valence electrons. The summed E-state index contributed by atoms with van der Waals surface area (Å²) in [6, 6.07) is 7.31. The van der Waals surface area contributed by atoms with E-state index in [9.17, 15) is 14.7 Å². The third-order valence-electron chi connectivity index (χ3n) is 4.86. The minimum atomic E-state index is -0.829. The van der Waals surface area contributed by atoms with Gasteiger partial charge in [-0.05, 0) is 48.8 Å². The molecule has 2 fully saturated rings. The fourth-order valence-corrected chi connectivity index (χ4v) is 4.19. The number of carbonyl (C=O) groups is 2. The van der Waals surface area contributed by atoms with Crippen LogP contribution in [0.25, 0.3) is 0 Å². The van der Waals surface area contributed by atoms with Gasteiger partial charge >= 0.3 is 5.97 Å². The van der Waals surface area contributed by atoms with Crippen molar-refractivity contribution in [3.8, 4) is 0 Å². The quantitative estimate of drug-likeness (QED) is 0.899. The Morgan fingerprint density at radius 2 is 1.95 bits per heavy atom. The van der Waals surface area contributed by atoms with E-state index >= 15 is 0 Å². The number of hydrogen-bond acceptors (Lipinski definition) is 2. The van der Waals surface area contributed by atoms with E-state index in [0.717, 1.165) is 24.8 Å². The Morgan fingerprint density at radius 3 is 2.62 bits per heavy atom. The van der Waals surface area contributed by atoms with Crippen LogP contribution in [0.2, 0.25) is 5.02 Å². The summed E-state index contributed by atoms with van der Waals surface area (Å²) in [5, 5.41) is 12.9. The summed E-state index contributed by atoms with van der Waals surface area (Å²) < 4.78 is 0. The largest absolute Gasteiger partial charge is 0.481 e. The monoisotopic (exact) mass is 307 g/mol. The first-order valence-corrected chi connectivity index (χ1v) is 7.69. The van der Waals surface area contributed by atoms with Gasteiger partial charge in [-0.3, -0.25) is 9.59 Å². The van der Waals surface area contributed by atoms with Crippen LogP contribution in [-0.4, -0.2) is 17.0 Å². The fourth-order valence-electron chi connectivity index (χ4n) is 3.98. The first-order chi connectivity index (χ1) is 10.1. The molecule has 5 heteroatoms. The van der Waals surface area contributed by atoms with E-state index < -0.39 is 11.9 Å². The van der Waals surface area contributed by atoms with Gasteiger partial charge in [-0.25, -0.2) is 0 Å². The van der Waals surface area contributed by atoms with Crippen LogP contribution in [0.15, 0.2) is 24.3 Å². The highest BCUT2D eigenvalue weighted by atomic mass is 35.5. The van der Waals surface area contributed by atoms with Gasteiger partial charge in [-0.2, -0.15) is 0 Å². The van der Waals surface area contributed by atoms with E-state index in [1.165, 1.54) is 0 Å². The summed E-state index contributed by atoms with van der Waals surface area (Å²) >= 11 is 5.91. The standard InChI is InChI=1S/C16H18ClNO3/c17-12-3-1-2-9(6-12)8-18-15(19)13-10-4-5-11(7-10)14(13)16(20)21/h1-3,6,10-11,13-14H,4-5,7-8H2,(H,18,19)(H,20,21)/t10-,11-,13-,14+/m0/s1. The molecule has 0 aromatic heterocycles. The zero-order valence-corrected chi connectivity index (χ0v) is 12.3. The number of halogens is 1. The topological polar surface area (TPSA) is 66.4 Å². The van der Waals surface area contributed by atoms with Crippen molar-refractivity contribution in [1.29, 1.82) is 0 Å². The van der Waals surface area contributed by atoms with Crippen LogP contribution in [-0.2, 0) is 16.1 Å². The van der Waals surface area contributed by atoms with Gasteiger partial charge in [0.05, 0.1) is 11.8 Å². The number of benzene rings is 1. The lowest BCUT2D eigenvalue weighted by Gasteiger charge is -2.27. The van der Waals surface area contributed by atoms with Crippen molar-refractivity contribution in [2.24, 2.45) is 23.7 Å². The minimum absolute atomic E-state index is 0.130. The molecule has 2 aliphatic carbocycles. The highest BCUT2D eigenvalue weighted by molar-refractivity contribution is 6.30. The van der Waals surface area contributed by atoms with Gasteiger partial charge in [0.25, 0.3) is 0 Å². The van der Waals surface area contributed by atoms with Crippen molar-refractivity contribution in [3.05, 3.63) is 34.9 Å². The van der Waals surface area contributed by atoms with Crippen molar-refractivity contribution in [2.75, 3.05) is 0 Å². The lowest BCUT2D eigenvalue weighted by molar-refractivity contribution is -0.149. The summed E-state index contributed by atoms with van der Waals surface area (Å²) in [7, 11) is 0. The molecule has 4 nitrogen and oxygen atoms in total. The van der Waals surface area contributed by atoms with Crippen molar-refractivity contribution in [1.82, 2.24) is 5.32 Å². The summed E-state index contributed by atoms with van der Waals surface area (Å²) in [6.07, 6.45) is 2.80. The first-order valence-electron chi connectivity index (χ1n) is 7.31. The van der Waals surface area contributed by atoms with Crippen molar-refractivity contribution in [2.45, 2.75) is 25.8 Å². The predicted molar refractivity (Wildman–Crippen MR) is 78.7 cm³/mol. The van der Waals surface area contributed by atoms with Crippen molar-refractivity contribution >= 4 is 23.5 Å². The second-order valence-electron chi connectivity index (χ2n) is 6.07. The summed E-state index contributed by atoms with van der Waals surface area (Å²) in [6.45, 7) is 0.389. The van der Waals surface area contributed by atoms with Gasteiger partial charge in [-0.15, -0.1) is 0 Å². The molecule has 3 rings (SSSR count). The van der Waals surface area contributed by atoms with E-state index in [1.54, 1.807) is 12.1 Å². The zero-order chi connectivity index (χ0) is 15.0. The van der Waals surface area contributed by atoms with Gasteiger partial charge in [0, 0.05) is 11.6 Å². The van der Waals surface area contributed by atoms with Crippen LogP contribution >= 0.6 is 11.6 Å². The summed E-state index contributed by atoms with van der Waals surface area (Å²) in [5.74, 6) is -1.44. The molecule has 0 saturated heterocycles. The highest BCUT2D eigenvalue weighted by Crippen LogP contribution is 2.52. The number of hydrogen-bond donors (Lipinski definition) is 2. The van der Waals surface area contributed by atoms with E-state index in [2.05, 4.69) is 5.32 Å². The average molecular weight is 308 g/mol. The summed E-state index contributed by atoms with van der Waals surface area (Å²) in [4.78, 5) is 23.8. The maximum absolute atomic E-state index is 12.4. The number of aliphatic carboxylic acids is 1. The smallest absolute Gasteiger partial charge is 0.307 e. The first kappa shape index (κ1) is 14.4. The van der Waals surface area contributed by atoms with E-state index in [0.29, 0.717) is 11.6 Å². The van der Waals surface area contributed by atoms with E-state index in [-0.39, 0.29) is 23.7 Å². The Morgan fingerprint density at radius 1 is 1.24 bits per heavy atom. The van der Waals surface area contributed by atoms with Crippen LogP contribution in [0.5, 0.6) is 0 Å². The van der Waals surface area contributed by atoms with Gasteiger partial charge in [0.15, 0.2) is 0 Å². The molecule has 0 unspecified atom stereocenters. The number of carboxylic acid groups (broad SMARTS) is 1. The van der Waals surface area contributed by atoms with E-state index in [1.807, 2.05) is 12.1 Å². The maximum Gasteiger partial charge on any atom is 0.307 e. The molecule has 2 saturated carbocycles. The number of fused-ring (bicyclic) bond motifs is 2. The van der Waals surface area contributed by atoms with Crippen LogP contribution in [0, 0.1) is 23.7 Å². The highest BCUT2D eigenvalue weighted by Gasteiger charge is 2.53. The summed E-state index contributed by atoms with van der Waals surface area (Å²) in [5.41, 5.74) is 0.922. The van der Waals surface area contributed by atoms with Crippen LogP contribution in [0.4, 0.5) is 0 Å². The van der Waals surface area contributed by atoms with E-state index in [4.69, 9.17) is 11.6 Å². The second-order valence-corrected chi connectivity index (χ2v) is 6.51. The number of carbonyl (C=O) groups excluding carboxylic acids is 1. The predicted octanol–water partition coefficient (Wildman–Crippen LogP) is 2.70. The molecule has 0 spiro atoms. The second kappa shape index (κ2) is 5.68. The van der Waals surface area contributed by atoms with Gasteiger partial charge in [0.1, 0.15) is 0 Å². The molecule has 0 aliphatic heterocycles.